The van der Waals surface area contributed by atoms with Gasteiger partial charge in [0.15, 0.2) is 0 Å². The second kappa shape index (κ2) is 14.8. The first kappa shape index (κ1) is 28.8. The van der Waals surface area contributed by atoms with E-state index in [1.165, 1.54) is 6.08 Å². The van der Waals surface area contributed by atoms with Crippen molar-refractivity contribution in [3.05, 3.63) is 114 Å². The van der Waals surface area contributed by atoms with Crippen LogP contribution in [0.25, 0.3) is 6.08 Å². The van der Waals surface area contributed by atoms with Gasteiger partial charge in [0.05, 0.1) is 0 Å². The summed E-state index contributed by atoms with van der Waals surface area (Å²) in [5, 5.41) is 35.1. The summed E-state index contributed by atoms with van der Waals surface area (Å²) in [7, 11) is 0. The first-order valence-corrected chi connectivity index (χ1v) is 10.8. The quantitative estimate of drug-likeness (QED) is 0.328. The number of hydrogen-bond donors (Lipinski definition) is 4. The third kappa shape index (κ3) is 10.5. The van der Waals surface area contributed by atoms with Crippen molar-refractivity contribution in [2.45, 2.75) is 19.3 Å². The van der Waals surface area contributed by atoms with Gasteiger partial charge in [-0.1, -0.05) is 92.0 Å². The van der Waals surface area contributed by atoms with E-state index in [-0.39, 0.29) is 24.2 Å². The summed E-state index contributed by atoms with van der Waals surface area (Å²) < 4.78 is 0. The maximum Gasteiger partial charge on any atom is 0.332 e. The lowest BCUT2D eigenvalue weighted by Crippen LogP contribution is -2.26. The first-order valence-electron chi connectivity index (χ1n) is 10.8. The van der Waals surface area contributed by atoms with Gasteiger partial charge in [-0.3, -0.25) is 0 Å². The molecule has 1 unspecified atom stereocenters. The Bertz CT molecular complexity index is 1070. The summed E-state index contributed by atoms with van der Waals surface area (Å²) in [4.78, 5) is 32.8. The van der Waals surface area contributed by atoms with Crippen molar-refractivity contribution >= 4 is 24.0 Å². The number of benzene rings is 2. The molecule has 0 aliphatic heterocycles. The second-order valence-corrected chi connectivity index (χ2v) is 7.64. The Morgan fingerprint density at radius 1 is 0.829 bits per heavy atom. The van der Waals surface area contributed by atoms with E-state index in [0.717, 1.165) is 17.2 Å². The molecule has 35 heavy (non-hydrogen) atoms. The summed E-state index contributed by atoms with van der Waals surface area (Å²) in [5.41, 5.74) is 0.658. The lowest BCUT2D eigenvalue weighted by molar-refractivity contribution is -0.134. The molecular weight excluding hydrogens is 448 g/mol. The van der Waals surface area contributed by atoms with Gasteiger partial charge in [-0.15, -0.1) is 0 Å². The van der Waals surface area contributed by atoms with E-state index in [1.807, 2.05) is 60.7 Å². The first-order chi connectivity index (χ1) is 16.6. The molecule has 184 valence electrons. The summed E-state index contributed by atoms with van der Waals surface area (Å²) in [6.07, 6.45) is 6.96. The molecule has 2 aromatic rings. The van der Waals surface area contributed by atoms with Crippen LogP contribution in [0.2, 0.25) is 0 Å². The Labute approximate surface area is 204 Å². The van der Waals surface area contributed by atoms with Crippen LogP contribution in [-0.2, 0) is 20.8 Å². The Morgan fingerprint density at radius 3 is 1.89 bits per heavy atom. The van der Waals surface area contributed by atoms with Gasteiger partial charge in [0, 0.05) is 29.2 Å². The molecule has 7 nitrogen and oxygen atoms in total. The number of aliphatic hydroxyl groups is 1. The zero-order valence-electron chi connectivity index (χ0n) is 19.3. The number of aliphatic hydroxyl groups excluding tert-OH is 1. The number of carboxylic acids is 3. The summed E-state index contributed by atoms with van der Waals surface area (Å²) in [5.74, 6) is -3.30. The van der Waals surface area contributed by atoms with Crippen molar-refractivity contribution in [1.82, 2.24) is 0 Å². The van der Waals surface area contributed by atoms with Crippen LogP contribution >= 0.6 is 0 Å². The fraction of sp³-hybridized carbons (Fsp3) is 0.179. The molecule has 0 amide bonds. The highest BCUT2D eigenvalue weighted by Crippen LogP contribution is 2.35. The number of carbonyl (C=O) groups is 3. The standard InChI is InChI=1S/C22H20O4.C6H10O3/c1-17(21(25)26)22(15-13-20(23)24,16-19-10-6-3-7-11-19)14-12-18-8-4-2-5-9-18;1-5(6(8)9)3-2-4-7/h2-15H,1,16H2,(H,23,24)(H,25,26);7H,1-4H2,(H,8,9). The molecule has 0 radical (unpaired) electrons. The Morgan fingerprint density at radius 2 is 1.40 bits per heavy atom. The topological polar surface area (TPSA) is 132 Å². The number of allylic oxidation sites excluding steroid dienone is 2. The molecular formula is C28H30O7. The molecule has 0 saturated heterocycles. The van der Waals surface area contributed by atoms with Crippen LogP contribution in [0.3, 0.4) is 0 Å². The Kier molecular flexibility index (Phi) is 12.2. The zero-order chi connectivity index (χ0) is 26.3. The fourth-order valence-corrected chi connectivity index (χ4v) is 3.04. The molecule has 0 fully saturated rings. The van der Waals surface area contributed by atoms with E-state index in [1.54, 1.807) is 12.2 Å². The average Bonchev–Trinajstić information content (AvgIpc) is 2.85. The van der Waals surface area contributed by atoms with Crippen molar-refractivity contribution in [1.29, 1.82) is 0 Å². The fourth-order valence-electron chi connectivity index (χ4n) is 3.04. The molecule has 0 aliphatic rings. The molecule has 1 atom stereocenters. The molecule has 7 heteroatoms. The summed E-state index contributed by atoms with van der Waals surface area (Å²) in [6.45, 7) is 7.02. The van der Waals surface area contributed by atoms with Gasteiger partial charge in [-0.25, -0.2) is 14.4 Å². The van der Waals surface area contributed by atoms with Crippen molar-refractivity contribution in [3.8, 4) is 0 Å². The van der Waals surface area contributed by atoms with Crippen molar-refractivity contribution < 1.29 is 34.8 Å². The van der Waals surface area contributed by atoms with E-state index in [4.69, 9.17) is 15.3 Å². The highest BCUT2D eigenvalue weighted by molar-refractivity contribution is 5.90. The largest absolute Gasteiger partial charge is 0.478 e. The average molecular weight is 479 g/mol. The monoisotopic (exact) mass is 478 g/mol. The van der Waals surface area contributed by atoms with Crippen LogP contribution in [0.5, 0.6) is 0 Å². The molecule has 0 aromatic heterocycles. The SMILES string of the molecule is C=C(C(=O)O)C(C=CC(=O)O)(C=Cc1ccccc1)Cc1ccccc1.C=C(CCCO)C(=O)O. The zero-order valence-corrected chi connectivity index (χ0v) is 19.3. The van der Waals surface area contributed by atoms with Crippen LogP contribution < -0.4 is 0 Å². The van der Waals surface area contributed by atoms with E-state index < -0.39 is 23.3 Å². The lowest BCUT2D eigenvalue weighted by atomic mass is 9.74. The molecule has 2 aromatic carbocycles. The van der Waals surface area contributed by atoms with Crippen LogP contribution in [0.1, 0.15) is 24.0 Å². The normalized spacial score (nSPS) is 12.4. The van der Waals surface area contributed by atoms with Crippen molar-refractivity contribution in [2.24, 2.45) is 5.41 Å². The Hall–Kier alpha value is -4.23. The number of rotatable bonds is 12. The predicted molar refractivity (Wildman–Crippen MR) is 135 cm³/mol. The van der Waals surface area contributed by atoms with Gasteiger partial charge in [-0.05, 0) is 30.4 Å². The molecule has 0 heterocycles. The van der Waals surface area contributed by atoms with E-state index in [0.29, 0.717) is 12.8 Å². The third-order valence-electron chi connectivity index (χ3n) is 4.99. The highest BCUT2D eigenvalue weighted by Gasteiger charge is 2.32. The van der Waals surface area contributed by atoms with Crippen LogP contribution in [0.4, 0.5) is 0 Å². The lowest BCUT2D eigenvalue weighted by Gasteiger charge is -2.28. The van der Waals surface area contributed by atoms with Gasteiger partial charge in [-0.2, -0.15) is 0 Å². The van der Waals surface area contributed by atoms with Crippen LogP contribution in [-0.4, -0.2) is 44.9 Å². The molecule has 0 aliphatic carbocycles. The predicted octanol–water partition coefficient (Wildman–Crippen LogP) is 4.61. The third-order valence-corrected chi connectivity index (χ3v) is 4.99. The van der Waals surface area contributed by atoms with Gasteiger partial charge in [0.1, 0.15) is 0 Å². The Balaban J connectivity index is 0.000000579. The number of hydrogen-bond acceptors (Lipinski definition) is 4. The van der Waals surface area contributed by atoms with E-state index in [2.05, 4.69) is 13.2 Å². The van der Waals surface area contributed by atoms with Gasteiger partial charge in [0.25, 0.3) is 0 Å². The molecule has 0 saturated carbocycles. The highest BCUT2D eigenvalue weighted by atomic mass is 16.4. The minimum atomic E-state index is -1.17. The smallest absolute Gasteiger partial charge is 0.332 e. The van der Waals surface area contributed by atoms with Gasteiger partial charge in [0.2, 0.25) is 0 Å². The number of aliphatic carboxylic acids is 3. The summed E-state index contributed by atoms with van der Waals surface area (Å²) in [6, 6.07) is 18.7. The minimum Gasteiger partial charge on any atom is -0.478 e. The van der Waals surface area contributed by atoms with Crippen LogP contribution in [0.15, 0.2) is 103 Å². The summed E-state index contributed by atoms with van der Waals surface area (Å²) >= 11 is 0. The molecule has 0 spiro atoms. The van der Waals surface area contributed by atoms with Crippen molar-refractivity contribution in [3.63, 3.8) is 0 Å². The van der Waals surface area contributed by atoms with Crippen LogP contribution in [0, 0.1) is 5.41 Å². The van der Waals surface area contributed by atoms with Crippen molar-refractivity contribution in [2.75, 3.05) is 6.61 Å². The molecule has 2 rings (SSSR count). The van der Waals surface area contributed by atoms with Gasteiger partial charge >= 0.3 is 17.9 Å². The van der Waals surface area contributed by atoms with Gasteiger partial charge < -0.3 is 20.4 Å². The maximum atomic E-state index is 11.7. The van der Waals surface area contributed by atoms with E-state index >= 15 is 0 Å². The maximum absolute atomic E-state index is 11.7. The second-order valence-electron chi connectivity index (χ2n) is 7.64. The minimum absolute atomic E-state index is 0.0201. The molecule has 0 bridgehead atoms. The molecule has 4 N–H and O–H groups in total. The van der Waals surface area contributed by atoms with E-state index in [9.17, 15) is 19.5 Å². The number of carboxylic acid groups (broad SMARTS) is 3.